The molecule has 0 radical (unpaired) electrons. The van der Waals surface area contributed by atoms with E-state index < -0.39 is 0 Å². The van der Waals surface area contributed by atoms with Gasteiger partial charge in [0.05, 0.1) is 5.92 Å². The number of nitrogens with zero attached hydrogens (tertiary/aromatic N) is 5. The molecule has 1 atom stereocenters. The lowest BCUT2D eigenvalue weighted by Crippen LogP contribution is -2.42. The second-order valence-corrected chi connectivity index (χ2v) is 6.56. The van der Waals surface area contributed by atoms with Crippen LogP contribution in [-0.2, 0) is 22.6 Å². The summed E-state index contributed by atoms with van der Waals surface area (Å²) >= 11 is 0. The number of aryl methyl sites for hydroxylation is 2. The maximum Gasteiger partial charge on any atom is 0.234 e. The third-order valence-corrected chi connectivity index (χ3v) is 4.96. The molecule has 2 aliphatic rings. The van der Waals surface area contributed by atoms with Gasteiger partial charge in [0.1, 0.15) is 6.33 Å². The van der Waals surface area contributed by atoms with E-state index in [0.717, 1.165) is 25.1 Å². The number of aromatic nitrogens is 3. The molecule has 7 nitrogen and oxygen atoms in total. The third-order valence-electron chi connectivity index (χ3n) is 4.96. The molecule has 1 aromatic heterocycles. The van der Waals surface area contributed by atoms with Crippen molar-refractivity contribution in [3.8, 4) is 0 Å². The predicted molar refractivity (Wildman–Crippen MR) is 93.3 cm³/mol. The van der Waals surface area contributed by atoms with E-state index in [1.165, 1.54) is 11.9 Å². The van der Waals surface area contributed by atoms with Crippen molar-refractivity contribution in [2.45, 2.75) is 32.7 Å². The van der Waals surface area contributed by atoms with Gasteiger partial charge in [-0.05, 0) is 30.5 Å². The number of fused-ring (bicyclic) bond motifs is 1. The number of carbonyl (C=O) groups is 2. The van der Waals surface area contributed by atoms with Gasteiger partial charge in [-0.1, -0.05) is 19.1 Å². The Morgan fingerprint density at radius 2 is 2.20 bits per heavy atom. The average molecular weight is 339 g/mol. The number of benzene rings is 1. The van der Waals surface area contributed by atoms with Gasteiger partial charge >= 0.3 is 0 Å². The Hall–Kier alpha value is -2.70. The Morgan fingerprint density at radius 1 is 1.32 bits per heavy atom. The largest absolute Gasteiger partial charge is 0.312 e. The number of hydrogen-bond donors (Lipinski definition) is 0. The van der Waals surface area contributed by atoms with Crippen LogP contribution in [-0.4, -0.2) is 39.7 Å². The van der Waals surface area contributed by atoms with Crippen molar-refractivity contribution < 1.29 is 9.59 Å². The zero-order valence-corrected chi connectivity index (χ0v) is 14.3. The van der Waals surface area contributed by atoms with Crippen molar-refractivity contribution in [1.29, 1.82) is 0 Å². The van der Waals surface area contributed by atoms with Crippen molar-refractivity contribution in [3.05, 3.63) is 36.2 Å². The summed E-state index contributed by atoms with van der Waals surface area (Å²) in [6.07, 6.45) is 3.50. The number of hydrogen-bond acceptors (Lipinski definition) is 4. The zero-order chi connectivity index (χ0) is 17.4. The number of anilines is 2. The molecule has 0 saturated carbocycles. The lowest BCUT2D eigenvalue weighted by atomic mass is 10.1. The molecule has 3 heterocycles. The van der Waals surface area contributed by atoms with Gasteiger partial charge in [0.2, 0.25) is 17.8 Å². The Morgan fingerprint density at radius 3 is 3.04 bits per heavy atom. The Bertz CT molecular complexity index is 815. The lowest BCUT2D eigenvalue weighted by molar-refractivity contribution is -0.124. The highest BCUT2D eigenvalue weighted by Crippen LogP contribution is 2.29. The van der Waals surface area contributed by atoms with E-state index in [1.54, 1.807) is 14.5 Å². The Labute approximate surface area is 146 Å². The molecule has 2 aromatic rings. The maximum absolute atomic E-state index is 13.0. The van der Waals surface area contributed by atoms with Crippen LogP contribution in [0.2, 0.25) is 0 Å². The van der Waals surface area contributed by atoms with E-state index in [0.29, 0.717) is 19.0 Å². The number of rotatable bonds is 3. The summed E-state index contributed by atoms with van der Waals surface area (Å²) in [7, 11) is 0. The van der Waals surface area contributed by atoms with E-state index in [2.05, 4.69) is 17.0 Å². The van der Waals surface area contributed by atoms with Gasteiger partial charge in [0, 0.05) is 31.7 Å². The Balaban J connectivity index is 1.54. The summed E-state index contributed by atoms with van der Waals surface area (Å²) < 4.78 is 1.75. The topological polar surface area (TPSA) is 71.3 Å². The molecule has 1 fully saturated rings. The van der Waals surface area contributed by atoms with Crippen LogP contribution in [0.25, 0.3) is 0 Å². The first-order chi connectivity index (χ1) is 12.2. The van der Waals surface area contributed by atoms with Gasteiger partial charge in [-0.2, -0.15) is 10.1 Å². The van der Waals surface area contributed by atoms with E-state index in [9.17, 15) is 9.59 Å². The second-order valence-electron chi connectivity index (χ2n) is 6.56. The first-order valence-electron chi connectivity index (χ1n) is 8.76. The quantitative estimate of drug-likeness (QED) is 0.852. The maximum atomic E-state index is 13.0. The summed E-state index contributed by atoms with van der Waals surface area (Å²) in [6.45, 7) is 3.92. The molecule has 1 saturated heterocycles. The van der Waals surface area contributed by atoms with Crippen LogP contribution in [0.1, 0.15) is 25.3 Å². The van der Waals surface area contributed by atoms with Crippen LogP contribution < -0.4 is 9.80 Å². The second kappa shape index (κ2) is 6.31. The van der Waals surface area contributed by atoms with Crippen LogP contribution in [0.3, 0.4) is 0 Å². The minimum atomic E-state index is -0.332. The van der Waals surface area contributed by atoms with Crippen LogP contribution in [0.5, 0.6) is 0 Å². The monoisotopic (exact) mass is 339 g/mol. The van der Waals surface area contributed by atoms with Gasteiger partial charge in [-0.3, -0.25) is 14.5 Å². The van der Waals surface area contributed by atoms with Crippen LogP contribution in [0, 0.1) is 5.92 Å². The molecular formula is C18H21N5O2. The van der Waals surface area contributed by atoms with Crippen LogP contribution >= 0.6 is 0 Å². The summed E-state index contributed by atoms with van der Waals surface area (Å²) in [6, 6.07) is 7.97. The molecule has 2 amide bonds. The first kappa shape index (κ1) is 15.8. The van der Waals surface area contributed by atoms with Crippen molar-refractivity contribution >= 4 is 23.5 Å². The first-order valence-corrected chi connectivity index (χ1v) is 8.76. The molecule has 0 N–H and O–H groups in total. The molecular weight excluding hydrogens is 318 g/mol. The third kappa shape index (κ3) is 2.79. The Kier molecular flexibility index (Phi) is 3.99. The summed E-state index contributed by atoms with van der Waals surface area (Å²) in [4.78, 5) is 33.1. The SMILES string of the molecule is CCc1cccc(N2C[C@H](C(=O)N3CCCn4ncnc43)CC2=O)c1. The molecule has 1 aromatic carbocycles. The minimum Gasteiger partial charge on any atom is -0.312 e. The molecule has 0 aliphatic carbocycles. The molecule has 0 unspecified atom stereocenters. The zero-order valence-electron chi connectivity index (χ0n) is 14.3. The van der Waals surface area contributed by atoms with Crippen molar-refractivity contribution in [2.75, 3.05) is 22.9 Å². The lowest BCUT2D eigenvalue weighted by Gasteiger charge is -2.28. The standard InChI is InChI=1S/C18H21N5O2/c1-2-13-5-3-6-15(9-13)22-11-14(10-16(22)24)17(25)21-7-4-8-23-18(21)19-12-20-23/h3,5-6,9,12,14H,2,4,7-8,10-11H2,1H3/t14-/m1/s1. The summed E-state index contributed by atoms with van der Waals surface area (Å²) in [5.74, 6) is 0.234. The number of amides is 2. The van der Waals surface area contributed by atoms with Gasteiger partial charge in [-0.25, -0.2) is 4.68 Å². The van der Waals surface area contributed by atoms with Crippen LogP contribution in [0.15, 0.2) is 30.6 Å². The fraction of sp³-hybridized carbons (Fsp3) is 0.444. The van der Waals surface area contributed by atoms with E-state index in [1.807, 2.05) is 24.3 Å². The fourth-order valence-electron chi connectivity index (χ4n) is 3.60. The van der Waals surface area contributed by atoms with Crippen molar-refractivity contribution in [2.24, 2.45) is 5.92 Å². The number of carbonyl (C=O) groups excluding carboxylic acids is 2. The fourth-order valence-corrected chi connectivity index (χ4v) is 3.60. The molecule has 4 rings (SSSR count). The molecule has 0 spiro atoms. The highest BCUT2D eigenvalue weighted by Gasteiger charge is 2.39. The normalized spacial score (nSPS) is 20.0. The van der Waals surface area contributed by atoms with E-state index in [-0.39, 0.29) is 24.2 Å². The molecule has 2 aliphatic heterocycles. The van der Waals surface area contributed by atoms with Gasteiger partial charge in [0.15, 0.2) is 0 Å². The van der Waals surface area contributed by atoms with Crippen molar-refractivity contribution in [1.82, 2.24) is 14.8 Å². The van der Waals surface area contributed by atoms with Crippen LogP contribution in [0.4, 0.5) is 11.6 Å². The predicted octanol–water partition coefficient (Wildman–Crippen LogP) is 1.63. The van der Waals surface area contributed by atoms with Gasteiger partial charge in [0.25, 0.3) is 0 Å². The molecule has 25 heavy (non-hydrogen) atoms. The molecule has 130 valence electrons. The van der Waals surface area contributed by atoms with Gasteiger partial charge < -0.3 is 4.90 Å². The van der Waals surface area contributed by atoms with Crippen molar-refractivity contribution in [3.63, 3.8) is 0 Å². The smallest absolute Gasteiger partial charge is 0.234 e. The average Bonchev–Trinajstić information content (AvgIpc) is 3.27. The highest BCUT2D eigenvalue weighted by atomic mass is 16.2. The minimum absolute atomic E-state index is 0.00470. The van der Waals surface area contributed by atoms with Gasteiger partial charge in [-0.15, -0.1) is 0 Å². The molecule has 0 bridgehead atoms. The summed E-state index contributed by atoms with van der Waals surface area (Å²) in [5, 5.41) is 4.15. The summed E-state index contributed by atoms with van der Waals surface area (Å²) in [5.41, 5.74) is 2.06. The van der Waals surface area contributed by atoms with E-state index >= 15 is 0 Å². The van der Waals surface area contributed by atoms with E-state index in [4.69, 9.17) is 0 Å². The molecule has 7 heteroatoms. The highest BCUT2D eigenvalue weighted by molar-refractivity contribution is 6.04.